The van der Waals surface area contributed by atoms with Gasteiger partial charge in [0.15, 0.2) is 0 Å². The van der Waals surface area contributed by atoms with Crippen molar-refractivity contribution in [3.05, 3.63) is 22.9 Å². The summed E-state index contributed by atoms with van der Waals surface area (Å²) >= 11 is 1.69. The Morgan fingerprint density at radius 3 is 2.73 bits per heavy atom. The van der Waals surface area contributed by atoms with Gasteiger partial charge in [-0.3, -0.25) is 0 Å². The maximum absolute atomic E-state index is 9.07. The second-order valence-electron chi connectivity index (χ2n) is 3.71. The number of aryl methyl sites for hydroxylation is 2. The van der Waals surface area contributed by atoms with Gasteiger partial charge in [0.05, 0.1) is 5.56 Å². The van der Waals surface area contributed by atoms with Crippen LogP contribution in [0.5, 0.6) is 0 Å². The molecule has 0 spiro atoms. The van der Waals surface area contributed by atoms with E-state index in [0.29, 0.717) is 5.25 Å². The molecule has 0 saturated carbocycles. The molecule has 0 aliphatic carbocycles. The molecule has 0 fully saturated rings. The zero-order chi connectivity index (χ0) is 11.4. The summed E-state index contributed by atoms with van der Waals surface area (Å²) in [6.45, 7) is 8.24. The lowest BCUT2D eigenvalue weighted by atomic mass is 10.1. The lowest BCUT2D eigenvalue weighted by Gasteiger charge is -2.10. The van der Waals surface area contributed by atoms with Crippen molar-refractivity contribution in [2.45, 2.75) is 44.4 Å². The van der Waals surface area contributed by atoms with Gasteiger partial charge in [0.25, 0.3) is 0 Å². The molecular weight excluding hydrogens is 204 g/mol. The van der Waals surface area contributed by atoms with Crippen LogP contribution in [-0.2, 0) is 0 Å². The second-order valence-corrected chi connectivity index (χ2v) is 5.14. The van der Waals surface area contributed by atoms with Gasteiger partial charge in [0, 0.05) is 10.9 Å². The lowest BCUT2D eigenvalue weighted by Crippen LogP contribution is -1.99. The van der Waals surface area contributed by atoms with E-state index in [0.717, 1.165) is 28.3 Å². The monoisotopic (exact) mass is 220 g/mol. The van der Waals surface area contributed by atoms with Crippen molar-refractivity contribution in [3.63, 3.8) is 0 Å². The van der Waals surface area contributed by atoms with Crippen LogP contribution in [0, 0.1) is 25.2 Å². The molecule has 0 aliphatic heterocycles. The van der Waals surface area contributed by atoms with Gasteiger partial charge in [-0.25, -0.2) is 4.98 Å². The highest BCUT2D eigenvalue weighted by atomic mass is 32.2. The van der Waals surface area contributed by atoms with Gasteiger partial charge in [-0.15, -0.1) is 11.8 Å². The van der Waals surface area contributed by atoms with Crippen LogP contribution in [0.4, 0.5) is 0 Å². The fourth-order valence-electron chi connectivity index (χ4n) is 1.30. The molecule has 0 bridgehead atoms. The fraction of sp³-hybridized carbons (Fsp3) is 0.500. The fourth-order valence-corrected chi connectivity index (χ4v) is 2.37. The molecule has 1 aromatic heterocycles. The van der Waals surface area contributed by atoms with E-state index in [-0.39, 0.29) is 0 Å². The maximum Gasteiger partial charge on any atom is 0.115 e. The first kappa shape index (κ1) is 12.1. The zero-order valence-corrected chi connectivity index (χ0v) is 10.5. The number of aromatic nitrogens is 1. The molecular formula is C12H16N2S. The minimum absolute atomic E-state index is 0.505. The Bertz CT molecular complexity index is 393. The zero-order valence-electron chi connectivity index (χ0n) is 9.66. The van der Waals surface area contributed by atoms with E-state index >= 15 is 0 Å². The van der Waals surface area contributed by atoms with Gasteiger partial charge in [0.2, 0.25) is 0 Å². The van der Waals surface area contributed by atoms with Crippen molar-refractivity contribution >= 4 is 11.8 Å². The van der Waals surface area contributed by atoms with Crippen molar-refractivity contribution in [1.82, 2.24) is 4.98 Å². The Morgan fingerprint density at radius 1 is 1.53 bits per heavy atom. The minimum atomic E-state index is 0.505. The molecule has 0 radical (unpaired) electrons. The number of pyridine rings is 1. The van der Waals surface area contributed by atoms with Crippen LogP contribution in [0.25, 0.3) is 0 Å². The summed E-state index contributed by atoms with van der Waals surface area (Å²) in [6, 6.07) is 4.19. The smallest absolute Gasteiger partial charge is 0.115 e. The molecule has 3 heteroatoms. The van der Waals surface area contributed by atoms with Gasteiger partial charge in [-0.1, -0.05) is 13.8 Å². The van der Waals surface area contributed by atoms with E-state index < -0.39 is 0 Å². The van der Waals surface area contributed by atoms with Crippen molar-refractivity contribution in [2.75, 3.05) is 0 Å². The predicted molar refractivity (Wildman–Crippen MR) is 64.0 cm³/mol. The molecule has 1 unspecified atom stereocenters. The largest absolute Gasteiger partial charge is 0.245 e. The quantitative estimate of drug-likeness (QED) is 0.732. The van der Waals surface area contributed by atoms with Crippen LogP contribution < -0.4 is 0 Å². The van der Waals surface area contributed by atoms with E-state index in [1.807, 2.05) is 19.9 Å². The second kappa shape index (κ2) is 5.18. The summed E-state index contributed by atoms with van der Waals surface area (Å²) in [6.07, 6.45) is 1.09. The van der Waals surface area contributed by atoms with Crippen LogP contribution in [0.1, 0.15) is 37.1 Å². The number of thioether (sulfide) groups is 1. The summed E-state index contributed by atoms with van der Waals surface area (Å²) in [5.74, 6) is 0. The van der Waals surface area contributed by atoms with E-state index in [1.54, 1.807) is 11.8 Å². The van der Waals surface area contributed by atoms with Gasteiger partial charge in [0.1, 0.15) is 11.1 Å². The Morgan fingerprint density at radius 2 is 2.20 bits per heavy atom. The third-order valence-electron chi connectivity index (χ3n) is 2.31. The average Bonchev–Trinajstić information content (AvgIpc) is 2.17. The molecule has 1 atom stereocenters. The van der Waals surface area contributed by atoms with Crippen molar-refractivity contribution < 1.29 is 0 Å². The van der Waals surface area contributed by atoms with Crippen LogP contribution in [0.3, 0.4) is 0 Å². The molecule has 80 valence electrons. The van der Waals surface area contributed by atoms with Crippen LogP contribution in [0.15, 0.2) is 11.1 Å². The standard InChI is InChI=1S/C12H16N2S/c1-5-10(4)15-12-11(7-13)8(2)6-9(3)14-12/h6,10H,5H2,1-4H3. The molecule has 1 heterocycles. The first-order valence-corrected chi connectivity index (χ1v) is 6.01. The number of hydrogen-bond acceptors (Lipinski definition) is 3. The van der Waals surface area contributed by atoms with E-state index in [2.05, 4.69) is 24.9 Å². The molecule has 2 nitrogen and oxygen atoms in total. The predicted octanol–water partition coefficient (Wildman–Crippen LogP) is 3.46. The van der Waals surface area contributed by atoms with E-state index in [1.165, 1.54) is 0 Å². The first-order valence-electron chi connectivity index (χ1n) is 5.13. The van der Waals surface area contributed by atoms with E-state index in [4.69, 9.17) is 5.26 Å². The Hall–Kier alpha value is -1.01. The normalized spacial score (nSPS) is 12.2. The summed E-state index contributed by atoms with van der Waals surface area (Å²) in [7, 11) is 0. The summed E-state index contributed by atoms with van der Waals surface area (Å²) in [5, 5.41) is 10.5. The third kappa shape index (κ3) is 2.97. The highest BCUT2D eigenvalue weighted by molar-refractivity contribution is 7.99. The minimum Gasteiger partial charge on any atom is -0.245 e. The van der Waals surface area contributed by atoms with Gasteiger partial charge < -0.3 is 0 Å². The molecule has 0 saturated heterocycles. The number of nitrogens with zero attached hydrogens (tertiary/aromatic N) is 2. The van der Waals surface area contributed by atoms with Crippen LogP contribution >= 0.6 is 11.8 Å². The molecule has 0 aliphatic rings. The van der Waals surface area contributed by atoms with Gasteiger partial charge in [-0.2, -0.15) is 5.26 Å². The molecule has 0 amide bonds. The molecule has 15 heavy (non-hydrogen) atoms. The van der Waals surface area contributed by atoms with Crippen LogP contribution in [0.2, 0.25) is 0 Å². The first-order chi connectivity index (χ1) is 7.08. The molecule has 1 rings (SSSR count). The van der Waals surface area contributed by atoms with Crippen molar-refractivity contribution in [1.29, 1.82) is 5.26 Å². The SMILES string of the molecule is CCC(C)Sc1nc(C)cc(C)c1C#N. The molecule has 0 N–H and O–H groups in total. The summed E-state index contributed by atoms with van der Waals surface area (Å²) in [4.78, 5) is 4.43. The van der Waals surface area contributed by atoms with Crippen molar-refractivity contribution in [2.24, 2.45) is 0 Å². The molecule has 0 aromatic carbocycles. The molecule has 1 aromatic rings. The Labute approximate surface area is 95.7 Å². The highest BCUT2D eigenvalue weighted by Gasteiger charge is 2.11. The Balaban J connectivity index is 3.10. The highest BCUT2D eigenvalue weighted by Crippen LogP contribution is 2.28. The van der Waals surface area contributed by atoms with Gasteiger partial charge >= 0.3 is 0 Å². The number of rotatable bonds is 3. The topological polar surface area (TPSA) is 36.7 Å². The van der Waals surface area contributed by atoms with Crippen LogP contribution in [-0.4, -0.2) is 10.2 Å². The summed E-state index contributed by atoms with van der Waals surface area (Å²) in [5.41, 5.74) is 2.74. The third-order valence-corrected chi connectivity index (χ3v) is 3.57. The Kier molecular flexibility index (Phi) is 4.16. The lowest BCUT2D eigenvalue weighted by molar-refractivity contribution is 0.897. The summed E-state index contributed by atoms with van der Waals surface area (Å²) < 4.78 is 0. The maximum atomic E-state index is 9.07. The average molecular weight is 220 g/mol. The number of hydrogen-bond donors (Lipinski definition) is 0. The van der Waals surface area contributed by atoms with E-state index in [9.17, 15) is 0 Å². The number of nitriles is 1. The van der Waals surface area contributed by atoms with Crippen molar-refractivity contribution in [3.8, 4) is 6.07 Å². The van der Waals surface area contributed by atoms with Gasteiger partial charge in [-0.05, 0) is 31.9 Å².